The molecule has 1 aliphatic rings. The van der Waals surface area contributed by atoms with Gasteiger partial charge in [0.05, 0.1) is 18.0 Å². The van der Waals surface area contributed by atoms with E-state index in [9.17, 15) is 5.11 Å². The highest BCUT2D eigenvalue weighted by Gasteiger charge is 2.24. The Morgan fingerprint density at radius 2 is 2.15 bits per heavy atom. The lowest BCUT2D eigenvalue weighted by atomic mass is 9.95. The smallest absolute Gasteiger partial charge is 0.138 e. The van der Waals surface area contributed by atoms with E-state index in [1.165, 1.54) is 0 Å². The van der Waals surface area contributed by atoms with Gasteiger partial charge in [0.2, 0.25) is 0 Å². The monoisotopic (exact) mass is 278 g/mol. The Balaban J connectivity index is 1.81. The zero-order valence-electron chi connectivity index (χ0n) is 12.5. The number of aliphatic hydroxyl groups excluding tert-OH is 1. The molecule has 1 saturated carbocycles. The van der Waals surface area contributed by atoms with Crippen molar-refractivity contribution >= 4 is 0 Å². The minimum Gasteiger partial charge on any atom is -0.486 e. The molecule has 1 aromatic rings. The van der Waals surface area contributed by atoms with Gasteiger partial charge in [-0.3, -0.25) is 4.98 Å². The Hall–Kier alpha value is -1.13. The molecule has 0 amide bonds. The standard InChI is InChI=1S/C16H26N2O2/c1-12(2)9-17-10-13-7-8-14(11-18-13)20-16-6-4-3-5-15(16)19/h7-8,11-12,15-17,19H,3-6,9-10H2,1-2H3. The molecule has 4 heteroatoms. The molecule has 1 aromatic heterocycles. The predicted octanol–water partition coefficient (Wildman–Crippen LogP) is 2.51. The Kier molecular flexibility index (Phi) is 5.80. The first-order chi connectivity index (χ1) is 9.65. The second-order valence-electron chi connectivity index (χ2n) is 6.02. The summed E-state index contributed by atoms with van der Waals surface area (Å²) in [4.78, 5) is 4.40. The van der Waals surface area contributed by atoms with Crippen LogP contribution in [0.3, 0.4) is 0 Å². The van der Waals surface area contributed by atoms with E-state index >= 15 is 0 Å². The second-order valence-corrected chi connectivity index (χ2v) is 6.02. The molecule has 20 heavy (non-hydrogen) atoms. The molecule has 4 nitrogen and oxygen atoms in total. The fourth-order valence-electron chi connectivity index (χ4n) is 2.46. The number of rotatable bonds is 6. The van der Waals surface area contributed by atoms with E-state index in [0.29, 0.717) is 5.92 Å². The van der Waals surface area contributed by atoms with Gasteiger partial charge in [-0.25, -0.2) is 0 Å². The minimum absolute atomic E-state index is 0.0736. The van der Waals surface area contributed by atoms with Crippen LogP contribution in [-0.2, 0) is 6.54 Å². The van der Waals surface area contributed by atoms with Gasteiger partial charge in [-0.15, -0.1) is 0 Å². The van der Waals surface area contributed by atoms with Crippen LogP contribution in [0.25, 0.3) is 0 Å². The van der Waals surface area contributed by atoms with E-state index in [0.717, 1.165) is 50.2 Å². The van der Waals surface area contributed by atoms with E-state index in [2.05, 4.69) is 24.1 Å². The van der Waals surface area contributed by atoms with Gasteiger partial charge in [-0.2, -0.15) is 0 Å². The highest BCUT2D eigenvalue weighted by molar-refractivity contribution is 5.20. The van der Waals surface area contributed by atoms with Crippen molar-refractivity contribution in [1.82, 2.24) is 10.3 Å². The third kappa shape index (κ3) is 4.76. The van der Waals surface area contributed by atoms with Crippen molar-refractivity contribution in [3.05, 3.63) is 24.0 Å². The quantitative estimate of drug-likeness (QED) is 0.839. The molecule has 0 radical (unpaired) electrons. The lowest BCUT2D eigenvalue weighted by Crippen LogP contribution is -2.34. The summed E-state index contributed by atoms with van der Waals surface area (Å²) in [5, 5.41) is 13.3. The second kappa shape index (κ2) is 7.60. The summed E-state index contributed by atoms with van der Waals surface area (Å²) in [6, 6.07) is 3.93. The summed E-state index contributed by atoms with van der Waals surface area (Å²) in [7, 11) is 0. The summed E-state index contributed by atoms with van der Waals surface area (Å²) in [6.45, 7) is 6.15. The molecule has 0 aliphatic heterocycles. The molecular formula is C16H26N2O2. The lowest BCUT2D eigenvalue weighted by molar-refractivity contribution is 0.00668. The number of nitrogens with zero attached hydrogens (tertiary/aromatic N) is 1. The number of nitrogens with one attached hydrogen (secondary N) is 1. The average Bonchev–Trinajstić information content (AvgIpc) is 2.43. The maximum absolute atomic E-state index is 9.90. The molecule has 0 aromatic carbocycles. The van der Waals surface area contributed by atoms with E-state index in [4.69, 9.17) is 4.74 Å². The number of pyridine rings is 1. The van der Waals surface area contributed by atoms with Gasteiger partial charge in [0.1, 0.15) is 11.9 Å². The van der Waals surface area contributed by atoms with Gasteiger partial charge in [0.15, 0.2) is 0 Å². The average molecular weight is 278 g/mol. The van der Waals surface area contributed by atoms with Crippen LogP contribution in [0, 0.1) is 5.92 Å². The molecular weight excluding hydrogens is 252 g/mol. The summed E-state index contributed by atoms with van der Waals surface area (Å²) in [6.07, 6.45) is 5.35. The molecule has 1 aliphatic carbocycles. The van der Waals surface area contributed by atoms with Crippen LogP contribution >= 0.6 is 0 Å². The molecule has 0 spiro atoms. The summed E-state index contributed by atoms with van der Waals surface area (Å²) in [5.41, 5.74) is 1.02. The van der Waals surface area contributed by atoms with Crippen LogP contribution in [0.5, 0.6) is 5.75 Å². The first kappa shape index (κ1) is 15.3. The van der Waals surface area contributed by atoms with E-state index < -0.39 is 0 Å². The molecule has 1 fully saturated rings. The Morgan fingerprint density at radius 3 is 2.80 bits per heavy atom. The Bertz CT molecular complexity index is 392. The molecule has 1 heterocycles. The lowest BCUT2D eigenvalue weighted by Gasteiger charge is -2.28. The van der Waals surface area contributed by atoms with Crippen LogP contribution in [0.2, 0.25) is 0 Å². The molecule has 2 N–H and O–H groups in total. The van der Waals surface area contributed by atoms with Gasteiger partial charge < -0.3 is 15.2 Å². The predicted molar refractivity (Wildman–Crippen MR) is 79.7 cm³/mol. The normalized spacial score (nSPS) is 23.0. The number of hydrogen-bond acceptors (Lipinski definition) is 4. The van der Waals surface area contributed by atoms with Crippen LogP contribution in [0.1, 0.15) is 45.2 Å². The van der Waals surface area contributed by atoms with E-state index in [1.54, 1.807) is 6.20 Å². The molecule has 112 valence electrons. The van der Waals surface area contributed by atoms with Crippen molar-refractivity contribution in [1.29, 1.82) is 0 Å². The van der Waals surface area contributed by atoms with Crippen LogP contribution in [-0.4, -0.2) is 28.8 Å². The summed E-state index contributed by atoms with van der Waals surface area (Å²) >= 11 is 0. The molecule has 0 bridgehead atoms. The van der Waals surface area contributed by atoms with E-state index in [-0.39, 0.29) is 12.2 Å². The highest BCUT2D eigenvalue weighted by atomic mass is 16.5. The number of aliphatic hydroxyl groups is 1. The first-order valence-corrected chi connectivity index (χ1v) is 7.65. The van der Waals surface area contributed by atoms with E-state index in [1.807, 2.05) is 12.1 Å². The van der Waals surface area contributed by atoms with Crippen molar-refractivity contribution in [2.24, 2.45) is 5.92 Å². The van der Waals surface area contributed by atoms with Crippen LogP contribution in [0.4, 0.5) is 0 Å². The third-order valence-electron chi connectivity index (χ3n) is 3.61. The topological polar surface area (TPSA) is 54.4 Å². The van der Waals surface area contributed by atoms with Crippen molar-refractivity contribution in [3.8, 4) is 5.75 Å². The maximum atomic E-state index is 9.90. The molecule has 2 unspecified atom stereocenters. The zero-order valence-corrected chi connectivity index (χ0v) is 12.5. The zero-order chi connectivity index (χ0) is 14.4. The molecule has 2 rings (SSSR count). The van der Waals surface area contributed by atoms with Gasteiger partial charge in [0, 0.05) is 6.54 Å². The van der Waals surface area contributed by atoms with Crippen molar-refractivity contribution in [3.63, 3.8) is 0 Å². The number of aromatic nitrogens is 1. The molecule has 2 atom stereocenters. The molecule has 0 saturated heterocycles. The van der Waals surface area contributed by atoms with Gasteiger partial charge in [-0.05, 0) is 43.9 Å². The highest BCUT2D eigenvalue weighted by Crippen LogP contribution is 2.23. The van der Waals surface area contributed by atoms with Crippen LogP contribution in [0.15, 0.2) is 18.3 Å². The largest absolute Gasteiger partial charge is 0.486 e. The summed E-state index contributed by atoms with van der Waals surface area (Å²) < 4.78 is 5.83. The Labute approximate surface area is 121 Å². The first-order valence-electron chi connectivity index (χ1n) is 7.65. The fraction of sp³-hybridized carbons (Fsp3) is 0.688. The van der Waals surface area contributed by atoms with Crippen molar-refractivity contribution in [2.45, 2.75) is 58.3 Å². The number of ether oxygens (including phenoxy) is 1. The number of hydrogen-bond donors (Lipinski definition) is 2. The van der Waals surface area contributed by atoms with Gasteiger partial charge in [-0.1, -0.05) is 20.3 Å². The Morgan fingerprint density at radius 1 is 1.35 bits per heavy atom. The third-order valence-corrected chi connectivity index (χ3v) is 3.61. The van der Waals surface area contributed by atoms with Crippen molar-refractivity contribution in [2.75, 3.05) is 6.54 Å². The van der Waals surface area contributed by atoms with Gasteiger partial charge >= 0.3 is 0 Å². The van der Waals surface area contributed by atoms with Crippen molar-refractivity contribution < 1.29 is 9.84 Å². The SMILES string of the molecule is CC(C)CNCc1ccc(OC2CCCCC2O)cn1. The van der Waals surface area contributed by atoms with Crippen LogP contribution < -0.4 is 10.1 Å². The van der Waals surface area contributed by atoms with Gasteiger partial charge in [0.25, 0.3) is 0 Å². The summed E-state index contributed by atoms with van der Waals surface area (Å²) in [5.74, 6) is 1.40. The minimum atomic E-state index is -0.337. The fourth-order valence-corrected chi connectivity index (χ4v) is 2.46. The maximum Gasteiger partial charge on any atom is 0.138 e.